The van der Waals surface area contributed by atoms with E-state index >= 15 is 0 Å². The van der Waals surface area contributed by atoms with Crippen LogP contribution in [0.25, 0.3) is 88.9 Å². The zero-order valence-corrected chi connectivity index (χ0v) is 30.9. The summed E-state index contributed by atoms with van der Waals surface area (Å²) in [6.45, 7) is 0. The van der Waals surface area contributed by atoms with Crippen LogP contribution < -0.4 is 0 Å². The molecule has 1 aliphatic rings. The Morgan fingerprint density at radius 3 is 1.47 bits per heavy atom. The van der Waals surface area contributed by atoms with Gasteiger partial charge in [-0.25, -0.2) is 9.97 Å². The molecular formula is C53H34N4. The second kappa shape index (κ2) is 12.5. The van der Waals surface area contributed by atoms with Gasteiger partial charge in [-0.05, 0) is 76.3 Å². The summed E-state index contributed by atoms with van der Waals surface area (Å²) >= 11 is 0. The third kappa shape index (κ3) is 4.87. The number of hydrogen-bond donors (Lipinski definition) is 0. The topological polar surface area (TPSA) is 35.6 Å². The van der Waals surface area contributed by atoms with Crippen molar-refractivity contribution in [1.82, 2.24) is 19.1 Å². The summed E-state index contributed by atoms with van der Waals surface area (Å²) in [6, 6.07) is 72.0. The highest BCUT2D eigenvalue weighted by molar-refractivity contribution is 6.11. The lowest BCUT2D eigenvalue weighted by Crippen LogP contribution is -2.04. The van der Waals surface area contributed by atoms with Gasteiger partial charge in [0.1, 0.15) is 0 Å². The average molecular weight is 727 g/mol. The lowest BCUT2D eigenvalue weighted by molar-refractivity contribution is 0.993. The molecule has 4 nitrogen and oxygen atoms in total. The predicted octanol–water partition coefficient (Wildman–Crippen LogP) is 13.2. The van der Waals surface area contributed by atoms with Gasteiger partial charge in [0.05, 0.1) is 33.5 Å². The molecule has 11 aromatic rings. The van der Waals surface area contributed by atoms with Crippen LogP contribution in [0.1, 0.15) is 22.6 Å². The molecule has 0 N–H and O–H groups in total. The molecule has 1 aliphatic carbocycles. The Balaban J connectivity index is 1.05. The van der Waals surface area contributed by atoms with E-state index in [2.05, 4.69) is 197 Å². The summed E-state index contributed by atoms with van der Waals surface area (Å²) in [5.74, 6) is 0.752. The molecule has 8 aromatic carbocycles. The third-order valence-corrected chi connectivity index (χ3v) is 11.8. The molecule has 0 saturated carbocycles. The molecule has 0 fully saturated rings. The van der Waals surface area contributed by atoms with E-state index in [0.717, 1.165) is 39.2 Å². The maximum absolute atomic E-state index is 5.29. The first-order valence-electron chi connectivity index (χ1n) is 19.5. The molecule has 266 valence electrons. The predicted molar refractivity (Wildman–Crippen MR) is 234 cm³/mol. The van der Waals surface area contributed by atoms with Crippen LogP contribution in [-0.4, -0.2) is 19.1 Å². The highest BCUT2D eigenvalue weighted by Crippen LogP contribution is 2.50. The lowest BCUT2D eigenvalue weighted by Gasteiger charge is -2.16. The number of nitrogens with zero attached hydrogens (tertiary/aromatic N) is 4. The first kappa shape index (κ1) is 31.8. The van der Waals surface area contributed by atoms with Gasteiger partial charge in [-0.1, -0.05) is 152 Å². The lowest BCUT2D eigenvalue weighted by atomic mass is 9.88. The summed E-state index contributed by atoms with van der Waals surface area (Å²) < 4.78 is 4.65. The molecule has 0 amide bonds. The van der Waals surface area contributed by atoms with Crippen molar-refractivity contribution < 1.29 is 0 Å². The largest absolute Gasteiger partial charge is 0.309 e. The molecule has 12 rings (SSSR count). The van der Waals surface area contributed by atoms with Crippen molar-refractivity contribution in [2.45, 2.75) is 5.92 Å². The van der Waals surface area contributed by atoms with E-state index in [0.29, 0.717) is 5.95 Å². The van der Waals surface area contributed by atoms with Crippen LogP contribution in [0, 0.1) is 0 Å². The minimum atomic E-state index is 0.0947. The highest BCUT2D eigenvalue weighted by Gasteiger charge is 2.32. The monoisotopic (exact) mass is 726 g/mol. The second-order valence-corrected chi connectivity index (χ2v) is 15.0. The van der Waals surface area contributed by atoms with Crippen molar-refractivity contribution >= 4 is 43.6 Å². The fourth-order valence-electron chi connectivity index (χ4n) is 9.30. The van der Waals surface area contributed by atoms with E-state index < -0.39 is 0 Å². The summed E-state index contributed by atoms with van der Waals surface area (Å²) in [5, 5.41) is 4.92. The number of hydrogen-bond acceptors (Lipinski definition) is 2. The van der Waals surface area contributed by atoms with Gasteiger partial charge in [-0.2, -0.15) is 0 Å². The maximum Gasteiger partial charge on any atom is 0.235 e. The number of fused-ring (bicyclic) bond motifs is 9. The Labute approximate surface area is 329 Å². The fraction of sp³-hybridized carbons (Fsp3) is 0.0189. The highest BCUT2D eigenvalue weighted by atomic mass is 15.2. The number of aromatic nitrogens is 4. The van der Waals surface area contributed by atoms with E-state index in [1.54, 1.807) is 0 Å². The summed E-state index contributed by atoms with van der Waals surface area (Å²) in [6.07, 6.45) is 0. The van der Waals surface area contributed by atoms with Crippen molar-refractivity contribution in [2.24, 2.45) is 0 Å². The SMILES string of the molecule is c1ccc(-c2cc(-c3ccccc3)nc(-n3c4ccccc4c4cc5c(cc43)-c3ccccc3C5c3ccc(-n4c5ccccc5c5ccccc54)cc3)n2)cc1. The van der Waals surface area contributed by atoms with Gasteiger partial charge in [0.15, 0.2) is 0 Å². The quantitative estimate of drug-likeness (QED) is 0.177. The molecule has 0 saturated heterocycles. The van der Waals surface area contributed by atoms with E-state index in [1.807, 2.05) is 12.1 Å². The van der Waals surface area contributed by atoms with Crippen LogP contribution in [0.15, 0.2) is 200 Å². The first-order chi connectivity index (χ1) is 28.3. The molecule has 57 heavy (non-hydrogen) atoms. The van der Waals surface area contributed by atoms with Crippen molar-refractivity contribution in [3.05, 3.63) is 217 Å². The van der Waals surface area contributed by atoms with Crippen LogP contribution >= 0.6 is 0 Å². The van der Waals surface area contributed by atoms with Gasteiger partial charge in [-0.15, -0.1) is 0 Å². The zero-order valence-electron chi connectivity index (χ0n) is 30.9. The van der Waals surface area contributed by atoms with Crippen molar-refractivity contribution in [1.29, 1.82) is 0 Å². The second-order valence-electron chi connectivity index (χ2n) is 15.0. The van der Waals surface area contributed by atoms with Gasteiger partial charge < -0.3 is 4.57 Å². The van der Waals surface area contributed by atoms with E-state index in [-0.39, 0.29) is 5.92 Å². The smallest absolute Gasteiger partial charge is 0.235 e. The minimum absolute atomic E-state index is 0.0947. The van der Waals surface area contributed by atoms with Crippen molar-refractivity contribution in [3.63, 3.8) is 0 Å². The van der Waals surface area contributed by atoms with Crippen molar-refractivity contribution in [3.8, 4) is 45.3 Å². The van der Waals surface area contributed by atoms with E-state index in [1.165, 1.54) is 60.4 Å². The zero-order chi connectivity index (χ0) is 37.5. The third-order valence-electron chi connectivity index (χ3n) is 11.8. The van der Waals surface area contributed by atoms with Gasteiger partial charge in [0.2, 0.25) is 5.95 Å². The molecule has 4 heteroatoms. The molecule has 0 spiro atoms. The van der Waals surface area contributed by atoms with Gasteiger partial charge in [0, 0.05) is 44.3 Å². The first-order valence-corrected chi connectivity index (χ1v) is 19.5. The normalized spacial score (nSPS) is 13.4. The van der Waals surface area contributed by atoms with Crippen LogP contribution in [0.5, 0.6) is 0 Å². The van der Waals surface area contributed by atoms with Gasteiger partial charge in [-0.3, -0.25) is 4.57 Å². The molecule has 0 bridgehead atoms. The van der Waals surface area contributed by atoms with Crippen molar-refractivity contribution in [2.75, 3.05) is 0 Å². The Kier molecular flexibility index (Phi) is 6.96. The molecular weight excluding hydrogens is 693 g/mol. The molecule has 0 aliphatic heterocycles. The van der Waals surface area contributed by atoms with Crippen LogP contribution in [-0.2, 0) is 0 Å². The number of benzene rings is 8. The van der Waals surface area contributed by atoms with Gasteiger partial charge in [0.25, 0.3) is 0 Å². The van der Waals surface area contributed by atoms with Crippen LogP contribution in [0.2, 0.25) is 0 Å². The van der Waals surface area contributed by atoms with E-state index in [4.69, 9.17) is 9.97 Å². The molecule has 3 heterocycles. The standard InChI is InChI=1S/C53H34N4/c1-3-15-34(16-4-1)46-33-47(35-17-5-2-6-18-35)55-53(54-46)57-50-26-14-11-22-41(50)44-31-45-43(32-51(44)57)38-19-7-8-23-42(38)52(45)36-27-29-37(30-28-36)56-48-24-12-9-20-39(48)40-21-10-13-25-49(40)56/h1-33,52H. The van der Waals surface area contributed by atoms with E-state index in [9.17, 15) is 0 Å². The summed E-state index contributed by atoms with van der Waals surface area (Å²) in [5.41, 5.74) is 16.1. The minimum Gasteiger partial charge on any atom is -0.309 e. The molecule has 1 atom stereocenters. The Morgan fingerprint density at radius 1 is 0.351 bits per heavy atom. The Hall–Kier alpha value is -7.56. The Bertz CT molecular complexity index is 3230. The number of rotatable bonds is 5. The molecule has 3 aromatic heterocycles. The Morgan fingerprint density at radius 2 is 0.860 bits per heavy atom. The fourth-order valence-corrected chi connectivity index (χ4v) is 9.30. The molecule has 1 unspecified atom stereocenters. The maximum atomic E-state index is 5.29. The van der Waals surface area contributed by atoms with Crippen LogP contribution in [0.4, 0.5) is 0 Å². The average Bonchev–Trinajstić information content (AvgIpc) is 3.91. The summed E-state index contributed by atoms with van der Waals surface area (Å²) in [7, 11) is 0. The molecule has 0 radical (unpaired) electrons. The number of para-hydroxylation sites is 3. The van der Waals surface area contributed by atoms with Crippen LogP contribution in [0.3, 0.4) is 0 Å². The van der Waals surface area contributed by atoms with Gasteiger partial charge >= 0.3 is 0 Å². The summed E-state index contributed by atoms with van der Waals surface area (Å²) in [4.78, 5) is 10.6.